The summed E-state index contributed by atoms with van der Waals surface area (Å²) in [5.74, 6) is 0.446. The summed E-state index contributed by atoms with van der Waals surface area (Å²) in [4.78, 5) is 11.2. The molecule has 0 radical (unpaired) electrons. The first-order chi connectivity index (χ1) is 8.98. The number of benzene rings is 1. The highest BCUT2D eigenvalue weighted by Gasteiger charge is 2.35. The van der Waals surface area contributed by atoms with Gasteiger partial charge in [-0.2, -0.15) is 0 Å². The highest BCUT2D eigenvalue weighted by Crippen LogP contribution is 2.41. The molecule has 1 unspecified atom stereocenters. The second-order valence-electron chi connectivity index (χ2n) is 5.78. The van der Waals surface area contributed by atoms with E-state index in [-0.39, 0.29) is 11.7 Å². The number of carbonyl (C=O) groups is 1. The van der Waals surface area contributed by atoms with Crippen molar-refractivity contribution in [3.8, 4) is 11.5 Å². The predicted octanol–water partition coefficient (Wildman–Crippen LogP) is 2.22. The Morgan fingerprint density at radius 2 is 2.00 bits per heavy atom. The first-order valence-corrected chi connectivity index (χ1v) is 6.76. The normalized spacial score (nSPS) is 24.8. The molecular formula is C15H18O4. The van der Waals surface area contributed by atoms with Crippen molar-refractivity contribution in [3.05, 3.63) is 22.8 Å². The van der Waals surface area contributed by atoms with Crippen LogP contribution in [0.4, 0.5) is 0 Å². The fraction of sp³-hybridized carbons (Fsp3) is 0.533. The number of phenols is 2. The summed E-state index contributed by atoms with van der Waals surface area (Å²) < 4.78 is 5.33. The highest BCUT2D eigenvalue weighted by atomic mass is 16.6. The van der Waals surface area contributed by atoms with Gasteiger partial charge in [0.15, 0.2) is 0 Å². The zero-order chi connectivity index (χ0) is 13.6. The summed E-state index contributed by atoms with van der Waals surface area (Å²) in [6, 6.07) is 1.65. The summed E-state index contributed by atoms with van der Waals surface area (Å²) in [5, 5.41) is 20.0. The van der Waals surface area contributed by atoms with Crippen LogP contribution in [0.25, 0.3) is 0 Å². The zero-order valence-corrected chi connectivity index (χ0v) is 11.0. The lowest BCUT2D eigenvalue weighted by atomic mass is 9.83. The van der Waals surface area contributed by atoms with Crippen molar-refractivity contribution in [1.29, 1.82) is 0 Å². The zero-order valence-electron chi connectivity index (χ0n) is 11.0. The number of hydrogen-bond acceptors (Lipinski definition) is 4. The molecule has 2 N–H and O–H groups in total. The smallest absolute Gasteiger partial charge is 0.306 e. The van der Waals surface area contributed by atoms with Gasteiger partial charge in [-0.05, 0) is 50.7 Å². The van der Waals surface area contributed by atoms with E-state index in [4.69, 9.17) is 4.74 Å². The minimum atomic E-state index is -0.428. The molecule has 4 heteroatoms. The number of aromatic hydroxyl groups is 2. The monoisotopic (exact) mass is 262 g/mol. The van der Waals surface area contributed by atoms with Gasteiger partial charge < -0.3 is 14.9 Å². The van der Waals surface area contributed by atoms with Gasteiger partial charge in [0.25, 0.3) is 0 Å². The molecular weight excluding hydrogens is 244 g/mol. The van der Waals surface area contributed by atoms with Crippen LogP contribution in [0.1, 0.15) is 42.9 Å². The summed E-state index contributed by atoms with van der Waals surface area (Å²) >= 11 is 0. The Bertz CT molecular complexity index is 550. The van der Waals surface area contributed by atoms with Crippen molar-refractivity contribution >= 4 is 5.97 Å². The number of fused-ring (bicyclic) bond motifs is 1. The van der Waals surface area contributed by atoms with Crippen LogP contribution in [0.2, 0.25) is 0 Å². The lowest BCUT2D eigenvalue weighted by Gasteiger charge is -2.26. The van der Waals surface area contributed by atoms with Gasteiger partial charge in [-0.15, -0.1) is 0 Å². The van der Waals surface area contributed by atoms with Gasteiger partial charge in [0.2, 0.25) is 0 Å². The maximum atomic E-state index is 11.2. The maximum Gasteiger partial charge on any atom is 0.306 e. The highest BCUT2D eigenvalue weighted by molar-refractivity contribution is 5.72. The maximum absolute atomic E-state index is 11.2. The second-order valence-corrected chi connectivity index (χ2v) is 5.78. The van der Waals surface area contributed by atoms with Crippen LogP contribution < -0.4 is 0 Å². The van der Waals surface area contributed by atoms with E-state index in [1.807, 2.05) is 6.92 Å². The first kappa shape index (κ1) is 12.3. The molecule has 2 aliphatic rings. The number of cyclic esters (lactones) is 1. The van der Waals surface area contributed by atoms with Crippen molar-refractivity contribution in [3.63, 3.8) is 0 Å². The molecule has 0 aromatic heterocycles. The summed E-state index contributed by atoms with van der Waals surface area (Å²) in [7, 11) is 0. The average molecular weight is 262 g/mol. The average Bonchev–Trinajstić information content (AvgIpc) is 2.62. The summed E-state index contributed by atoms with van der Waals surface area (Å²) in [5.41, 5.74) is 2.07. The minimum absolute atomic E-state index is 0.147. The number of phenolic OH excluding ortho intramolecular Hbond substituents is 2. The van der Waals surface area contributed by atoms with E-state index in [2.05, 4.69) is 0 Å². The van der Waals surface area contributed by atoms with E-state index in [1.165, 1.54) is 0 Å². The van der Waals surface area contributed by atoms with Crippen molar-refractivity contribution in [2.45, 2.75) is 51.0 Å². The number of carbonyl (C=O) groups excluding carboxylic acids is 1. The largest absolute Gasteiger partial charge is 0.508 e. The third kappa shape index (κ3) is 2.05. The Labute approximate surface area is 112 Å². The lowest BCUT2D eigenvalue weighted by molar-refractivity contribution is -0.147. The third-order valence-corrected chi connectivity index (χ3v) is 4.34. The molecule has 1 heterocycles. The van der Waals surface area contributed by atoms with Crippen LogP contribution in [-0.4, -0.2) is 21.8 Å². The van der Waals surface area contributed by atoms with Crippen LogP contribution in [-0.2, 0) is 28.8 Å². The molecule has 1 atom stereocenters. The van der Waals surface area contributed by atoms with E-state index in [0.717, 1.165) is 36.0 Å². The molecule has 1 aromatic rings. The van der Waals surface area contributed by atoms with Crippen molar-refractivity contribution < 1.29 is 19.7 Å². The van der Waals surface area contributed by atoms with E-state index in [0.29, 0.717) is 25.0 Å². The van der Waals surface area contributed by atoms with Gasteiger partial charge in [-0.1, -0.05) is 0 Å². The van der Waals surface area contributed by atoms with E-state index in [9.17, 15) is 15.0 Å². The van der Waals surface area contributed by atoms with E-state index in [1.54, 1.807) is 6.07 Å². The quantitative estimate of drug-likeness (QED) is 0.647. The van der Waals surface area contributed by atoms with Crippen molar-refractivity contribution in [1.82, 2.24) is 0 Å². The van der Waals surface area contributed by atoms with E-state index >= 15 is 0 Å². The standard InChI is InChI=1S/C15H18O4/c1-15(7-5-13(17)19-15)6-4-9-8-12(16)10-2-3-11(10)14(9)18/h8,16,18H,2-7H2,1H3. The van der Waals surface area contributed by atoms with Gasteiger partial charge in [0.05, 0.1) is 0 Å². The fourth-order valence-corrected chi connectivity index (χ4v) is 2.94. The SMILES string of the molecule is CC1(CCc2cc(O)c3c(c2O)CC3)CCC(=O)O1. The number of aryl methyl sites for hydroxylation is 1. The molecule has 3 rings (SSSR count). The number of esters is 1. The van der Waals surface area contributed by atoms with Gasteiger partial charge in [-0.3, -0.25) is 4.79 Å². The van der Waals surface area contributed by atoms with Crippen LogP contribution in [0, 0.1) is 0 Å². The minimum Gasteiger partial charge on any atom is -0.508 e. The molecule has 4 nitrogen and oxygen atoms in total. The Kier molecular flexibility index (Phi) is 2.69. The molecule has 1 saturated heterocycles. The third-order valence-electron chi connectivity index (χ3n) is 4.34. The molecule has 102 valence electrons. The molecule has 0 amide bonds. The van der Waals surface area contributed by atoms with Crippen molar-refractivity contribution in [2.24, 2.45) is 0 Å². The lowest BCUT2D eigenvalue weighted by Crippen LogP contribution is -2.24. The predicted molar refractivity (Wildman–Crippen MR) is 69.2 cm³/mol. The molecule has 1 aromatic carbocycles. The van der Waals surface area contributed by atoms with Crippen molar-refractivity contribution in [2.75, 3.05) is 0 Å². The Balaban J connectivity index is 1.76. The summed E-state index contributed by atoms with van der Waals surface area (Å²) in [6.07, 6.45) is 4.14. The molecule has 0 bridgehead atoms. The Morgan fingerprint density at radius 1 is 1.26 bits per heavy atom. The number of hydrogen-bond donors (Lipinski definition) is 2. The number of rotatable bonds is 3. The van der Waals surface area contributed by atoms with Gasteiger partial charge in [0.1, 0.15) is 17.1 Å². The second kappa shape index (κ2) is 4.15. The van der Waals surface area contributed by atoms with Crippen LogP contribution >= 0.6 is 0 Å². The topological polar surface area (TPSA) is 66.8 Å². The van der Waals surface area contributed by atoms with Crippen LogP contribution in [0.15, 0.2) is 6.07 Å². The van der Waals surface area contributed by atoms with E-state index < -0.39 is 5.60 Å². The molecule has 19 heavy (non-hydrogen) atoms. The Morgan fingerprint density at radius 3 is 2.58 bits per heavy atom. The summed E-state index contributed by atoms with van der Waals surface area (Å²) in [6.45, 7) is 1.93. The number of ether oxygens (including phenoxy) is 1. The molecule has 0 spiro atoms. The van der Waals surface area contributed by atoms with Gasteiger partial charge >= 0.3 is 5.97 Å². The molecule has 1 aliphatic heterocycles. The molecule has 1 fully saturated rings. The molecule has 0 saturated carbocycles. The van der Waals surface area contributed by atoms with Gasteiger partial charge in [0, 0.05) is 17.5 Å². The molecule has 1 aliphatic carbocycles. The van der Waals surface area contributed by atoms with Crippen LogP contribution in [0.5, 0.6) is 11.5 Å². The first-order valence-electron chi connectivity index (χ1n) is 6.76. The fourth-order valence-electron chi connectivity index (χ4n) is 2.94. The van der Waals surface area contributed by atoms with Crippen LogP contribution in [0.3, 0.4) is 0 Å². The van der Waals surface area contributed by atoms with Gasteiger partial charge in [-0.25, -0.2) is 0 Å². The Hall–Kier alpha value is -1.71.